The Labute approximate surface area is 175 Å². The second kappa shape index (κ2) is 8.45. The third-order valence-corrected chi connectivity index (χ3v) is 4.93. The van der Waals surface area contributed by atoms with Crippen LogP contribution in [0.1, 0.15) is 5.56 Å². The summed E-state index contributed by atoms with van der Waals surface area (Å²) >= 11 is 0. The van der Waals surface area contributed by atoms with Gasteiger partial charge in [-0.25, -0.2) is 0 Å². The van der Waals surface area contributed by atoms with E-state index in [9.17, 15) is 10.1 Å². The number of hydrogen-bond donors (Lipinski definition) is 0. The number of nitrogens with zero attached hydrogens (tertiary/aromatic N) is 2. The molecule has 0 amide bonds. The molecule has 0 saturated carbocycles. The summed E-state index contributed by atoms with van der Waals surface area (Å²) in [5, 5.41) is 11.2. The molecule has 0 heterocycles. The zero-order valence-corrected chi connectivity index (χ0v) is 16.3. The van der Waals surface area contributed by atoms with Gasteiger partial charge in [-0.05, 0) is 59.2 Å². The number of benzene rings is 4. The first-order valence-electron chi connectivity index (χ1n) is 9.59. The molecule has 0 aliphatic rings. The first kappa shape index (κ1) is 19.2. The molecule has 0 N–H and O–H groups in total. The van der Waals surface area contributed by atoms with Crippen molar-refractivity contribution in [2.45, 2.75) is 0 Å². The van der Waals surface area contributed by atoms with Crippen LogP contribution in [-0.4, -0.2) is 4.92 Å². The minimum Gasteiger partial charge on any atom is -0.311 e. The van der Waals surface area contributed by atoms with Crippen molar-refractivity contribution in [2.24, 2.45) is 0 Å². The molecule has 0 aliphatic heterocycles. The molecule has 4 aromatic carbocycles. The van der Waals surface area contributed by atoms with Crippen molar-refractivity contribution >= 4 is 28.8 Å². The molecule has 0 aromatic heterocycles. The van der Waals surface area contributed by atoms with Crippen LogP contribution in [-0.2, 0) is 0 Å². The molecule has 0 radical (unpaired) electrons. The highest BCUT2D eigenvalue weighted by Gasteiger charge is 2.14. The van der Waals surface area contributed by atoms with Gasteiger partial charge in [0.15, 0.2) is 0 Å². The maximum Gasteiger partial charge on any atom is 0.270 e. The monoisotopic (exact) mass is 392 g/mol. The van der Waals surface area contributed by atoms with Gasteiger partial charge in [0.1, 0.15) is 0 Å². The van der Waals surface area contributed by atoms with Crippen LogP contribution in [0.3, 0.4) is 0 Å². The highest BCUT2D eigenvalue weighted by Crippen LogP contribution is 2.36. The number of non-ortho nitro benzene ring substituents is 1. The largest absolute Gasteiger partial charge is 0.311 e. The first-order chi connectivity index (χ1) is 14.7. The van der Waals surface area contributed by atoms with Crippen molar-refractivity contribution < 1.29 is 4.92 Å². The third-order valence-electron chi connectivity index (χ3n) is 4.93. The molecule has 4 nitrogen and oxygen atoms in total. The Morgan fingerprint density at radius 2 is 1.27 bits per heavy atom. The molecule has 4 rings (SSSR count). The molecule has 0 fully saturated rings. The smallest absolute Gasteiger partial charge is 0.270 e. The Morgan fingerprint density at radius 1 is 0.733 bits per heavy atom. The molecule has 0 unspecified atom stereocenters. The summed E-state index contributed by atoms with van der Waals surface area (Å²) in [5.41, 5.74) is 5.72. The average molecular weight is 392 g/mol. The van der Waals surface area contributed by atoms with Crippen molar-refractivity contribution in [3.05, 3.63) is 125 Å². The Kier molecular flexibility index (Phi) is 5.39. The SMILES string of the molecule is C=Cc1ccc([N+](=O)[O-])cc1-c1ccc(N(c2ccccc2)c2ccccc2)cc1. The summed E-state index contributed by atoms with van der Waals surface area (Å²) in [6.07, 6.45) is 1.72. The van der Waals surface area contributed by atoms with Gasteiger partial charge in [-0.15, -0.1) is 0 Å². The van der Waals surface area contributed by atoms with Gasteiger partial charge in [0.2, 0.25) is 0 Å². The zero-order valence-electron chi connectivity index (χ0n) is 16.3. The summed E-state index contributed by atoms with van der Waals surface area (Å²) in [4.78, 5) is 13.0. The van der Waals surface area contributed by atoms with Gasteiger partial charge in [0.05, 0.1) is 4.92 Å². The summed E-state index contributed by atoms with van der Waals surface area (Å²) in [5.74, 6) is 0. The fraction of sp³-hybridized carbons (Fsp3) is 0. The fourth-order valence-corrected chi connectivity index (χ4v) is 3.48. The highest BCUT2D eigenvalue weighted by atomic mass is 16.6. The van der Waals surface area contributed by atoms with Crippen LogP contribution in [0.5, 0.6) is 0 Å². The minimum atomic E-state index is -0.378. The van der Waals surface area contributed by atoms with E-state index in [1.54, 1.807) is 18.2 Å². The Morgan fingerprint density at radius 3 is 1.77 bits per heavy atom. The van der Waals surface area contributed by atoms with Crippen LogP contribution in [0.4, 0.5) is 22.7 Å². The fourth-order valence-electron chi connectivity index (χ4n) is 3.48. The number of nitro groups is 1. The quantitative estimate of drug-likeness (QED) is 0.254. The summed E-state index contributed by atoms with van der Waals surface area (Å²) in [6.45, 7) is 3.84. The van der Waals surface area contributed by atoms with E-state index in [1.807, 2.05) is 60.7 Å². The van der Waals surface area contributed by atoms with Crippen molar-refractivity contribution in [3.8, 4) is 11.1 Å². The molecule has 4 heteroatoms. The summed E-state index contributed by atoms with van der Waals surface area (Å²) < 4.78 is 0. The molecular formula is C26H20N2O2. The van der Waals surface area contributed by atoms with Gasteiger partial charge >= 0.3 is 0 Å². The molecule has 4 aromatic rings. The highest BCUT2D eigenvalue weighted by molar-refractivity contribution is 5.81. The van der Waals surface area contributed by atoms with Crippen LogP contribution in [0, 0.1) is 10.1 Å². The van der Waals surface area contributed by atoms with E-state index in [0.29, 0.717) is 0 Å². The van der Waals surface area contributed by atoms with E-state index in [1.165, 1.54) is 6.07 Å². The van der Waals surface area contributed by atoms with Crippen LogP contribution in [0.15, 0.2) is 110 Å². The standard InChI is InChI=1S/C26H20N2O2/c1-2-20-13-18-25(28(29)30)19-26(20)21-14-16-24(17-15-21)27(22-9-5-3-6-10-22)23-11-7-4-8-12-23/h2-19H,1H2. The maximum absolute atomic E-state index is 11.2. The number of rotatable bonds is 6. The molecule has 0 bridgehead atoms. The second-order valence-corrected chi connectivity index (χ2v) is 6.79. The third kappa shape index (κ3) is 3.84. The van der Waals surface area contributed by atoms with Crippen LogP contribution in [0.2, 0.25) is 0 Å². The van der Waals surface area contributed by atoms with Crippen molar-refractivity contribution in [3.63, 3.8) is 0 Å². The maximum atomic E-state index is 11.2. The lowest BCUT2D eigenvalue weighted by atomic mass is 9.98. The van der Waals surface area contributed by atoms with Gasteiger partial charge in [0, 0.05) is 29.2 Å². The van der Waals surface area contributed by atoms with E-state index < -0.39 is 0 Å². The zero-order chi connectivity index (χ0) is 20.9. The Hall–Kier alpha value is -4.18. The van der Waals surface area contributed by atoms with Crippen LogP contribution >= 0.6 is 0 Å². The van der Waals surface area contributed by atoms with Gasteiger partial charge in [-0.2, -0.15) is 0 Å². The van der Waals surface area contributed by atoms with Crippen LogP contribution in [0.25, 0.3) is 17.2 Å². The van der Waals surface area contributed by atoms with Crippen molar-refractivity contribution in [1.82, 2.24) is 0 Å². The van der Waals surface area contributed by atoms with E-state index in [-0.39, 0.29) is 10.6 Å². The average Bonchev–Trinajstić information content (AvgIpc) is 2.81. The van der Waals surface area contributed by atoms with Crippen LogP contribution < -0.4 is 4.90 Å². The van der Waals surface area contributed by atoms with E-state index in [0.717, 1.165) is 33.8 Å². The normalized spacial score (nSPS) is 10.4. The Bertz CT molecular complexity index is 1130. The predicted molar refractivity (Wildman–Crippen MR) is 123 cm³/mol. The minimum absolute atomic E-state index is 0.0647. The van der Waals surface area contributed by atoms with Crippen molar-refractivity contribution in [1.29, 1.82) is 0 Å². The number of hydrogen-bond acceptors (Lipinski definition) is 3. The number of para-hydroxylation sites is 2. The van der Waals surface area contributed by atoms with Gasteiger partial charge < -0.3 is 4.90 Å². The molecule has 0 aliphatic carbocycles. The number of nitro benzene ring substituents is 1. The van der Waals surface area contributed by atoms with Gasteiger partial charge in [-0.1, -0.05) is 61.2 Å². The molecule has 0 saturated heterocycles. The second-order valence-electron chi connectivity index (χ2n) is 6.79. The Balaban J connectivity index is 1.78. The van der Waals surface area contributed by atoms with E-state index >= 15 is 0 Å². The van der Waals surface area contributed by atoms with Gasteiger partial charge in [-0.3, -0.25) is 10.1 Å². The number of anilines is 3. The molecular weight excluding hydrogens is 372 g/mol. The summed E-state index contributed by atoms with van der Waals surface area (Å²) in [7, 11) is 0. The van der Waals surface area contributed by atoms with E-state index in [2.05, 4.69) is 35.7 Å². The summed E-state index contributed by atoms with van der Waals surface area (Å²) in [6, 6.07) is 33.2. The van der Waals surface area contributed by atoms with E-state index in [4.69, 9.17) is 0 Å². The molecule has 0 atom stereocenters. The lowest BCUT2D eigenvalue weighted by Crippen LogP contribution is -2.09. The topological polar surface area (TPSA) is 46.4 Å². The molecule has 0 spiro atoms. The lowest BCUT2D eigenvalue weighted by molar-refractivity contribution is -0.384. The molecule has 146 valence electrons. The van der Waals surface area contributed by atoms with Gasteiger partial charge in [0.25, 0.3) is 5.69 Å². The van der Waals surface area contributed by atoms with Crippen molar-refractivity contribution in [2.75, 3.05) is 4.90 Å². The molecule has 30 heavy (non-hydrogen) atoms. The first-order valence-corrected chi connectivity index (χ1v) is 9.59. The predicted octanol–water partition coefficient (Wildman–Crippen LogP) is 7.37. The lowest BCUT2D eigenvalue weighted by Gasteiger charge is -2.25.